The molecule has 2 fully saturated rings. The van der Waals surface area contributed by atoms with Gasteiger partial charge in [-0.2, -0.15) is 5.10 Å². The van der Waals surface area contributed by atoms with Crippen LogP contribution in [0.2, 0.25) is 25.7 Å². The van der Waals surface area contributed by atoms with Gasteiger partial charge in [-0.05, 0) is 50.3 Å². The van der Waals surface area contributed by atoms with Crippen LogP contribution in [0.5, 0.6) is 0 Å². The fourth-order valence-electron chi connectivity index (χ4n) is 5.34. The number of ether oxygens (including phenoxy) is 3. The fourth-order valence-corrected chi connectivity index (χ4v) is 6.10. The molecule has 2 aliphatic heterocycles. The maximum atomic E-state index is 12.7. The van der Waals surface area contributed by atoms with E-state index in [4.69, 9.17) is 19.3 Å². The quantitative estimate of drug-likeness (QED) is 0.323. The summed E-state index contributed by atoms with van der Waals surface area (Å²) < 4.78 is 19.5. The van der Waals surface area contributed by atoms with Crippen molar-refractivity contribution in [1.29, 1.82) is 0 Å². The highest BCUT2D eigenvalue weighted by Gasteiger charge is 2.38. The summed E-state index contributed by atoms with van der Waals surface area (Å²) in [6.07, 6.45) is 9.11. The van der Waals surface area contributed by atoms with E-state index in [0.29, 0.717) is 19.9 Å². The van der Waals surface area contributed by atoms with Crippen molar-refractivity contribution >= 4 is 20.1 Å². The Morgan fingerprint density at radius 3 is 2.53 bits per heavy atom. The normalized spacial score (nSPS) is 21.1. The molecule has 0 spiro atoms. The first-order valence-electron chi connectivity index (χ1n) is 13.8. The number of anilines is 1. The third kappa shape index (κ3) is 7.54. The predicted molar refractivity (Wildman–Crippen MR) is 149 cm³/mol. The molecule has 210 valence electrons. The molecule has 4 rings (SSSR count). The van der Waals surface area contributed by atoms with Crippen LogP contribution in [0.4, 0.5) is 10.7 Å². The average molecular weight is 545 g/mol. The Hall–Kier alpha value is -2.50. The lowest BCUT2D eigenvalue weighted by atomic mass is 9.85. The van der Waals surface area contributed by atoms with Crippen LogP contribution in [0.1, 0.15) is 42.9 Å². The number of rotatable bonds is 10. The van der Waals surface area contributed by atoms with E-state index < -0.39 is 8.07 Å². The highest BCUT2D eigenvalue weighted by atomic mass is 28.3. The fraction of sp³-hybridized carbons (Fsp3) is 0.704. The molecule has 1 amide bonds. The van der Waals surface area contributed by atoms with Gasteiger partial charge < -0.3 is 24.0 Å². The van der Waals surface area contributed by atoms with Gasteiger partial charge in [0.05, 0.1) is 31.6 Å². The van der Waals surface area contributed by atoms with Crippen LogP contribution in [-0.2, 0) is 20.9 Å². The summed E-state index contributed by atoms with van der Waals surface area (Å²) in [7, 11) is 0.317. The molecule has 4 heterocycles. The minimum atomic E-state index is -1.13. The Kier molecular flexibility index (Phi) is 9.78. The van der Waals surface area contributed by atoms with Crippen LogP contribution in [0.25, 0.3) is 0 Å². The van der Waals surface area contributed by atoms with Crippen LogP contribution in [-0.4, -0.2) is 90.9 Å². The number of hydrogen-bond acceptors (Lipinski definition) is 8. The van der Waals surface area contributed by atoms with E-state index >= 15 is 0 Å². The third-order valence-electron chi connectivity index (χ3n) is 7.52. The zero-order valence-corrected chi connectivity index (χ0v) is 24.6. The van der Waals surface area contributed by atoms with E-state index in [1.165, 1.54) is 7.11 Å². The number of nitrogens with zero attached hydrogens (tertiary/aromatic N) is 6. The zero-order valence-electron chi connectivity index (χ0n) is 23.6. The predicted octanol–water partition coefficient (Wildman–Crippen LogP) is 4.29. The largest absolute Gasteiger partial charge is 0.453 e. The zero-order chi connectivity index (χ0) is 27.1. The van der Waals surface area contributed by atoms with Gasteiger partial charge in [-0.25, -0.2) is 19.4 Å². The molecular weight excluding hydrogens is 500 g/mol. The summed E-state index contributed by atoms with van der Waals surface area (Å²) in [4.78, 5) is 25.5. The summed E-state index contributed by atoms with van der Waals surface area (Å²) in [6.45, 7) is 13.2. The number of methoxy groups -OCH3 is 1. The van der Waals surface area contributed by atoms with Gasteiger partial charge in [-0.3, -0.25) is 0 Å². The Balaban J connectivity index is 1.39. The second kappa shape index (κ2) is 13.0. The Labute approximate surface area is 227 Å². The van der Waals surface area contributed by atoms with Gasteiger partial charge in [0.15, 0.2) is 0 Å². The first kappa shape index (κ1) is 28.5. The van der Waals surface area contributed by atoms with E-state index in [1.54, 1.807) is 12.4 Å². The lowest BCUT2D eigenvalue weighted by Gasteiger charge is -2.41. The second-order valence-corrected chi connectivity index (χ2v) is 17.3. The molecule has 2 aliphatic rings. The van der Waals surface area contributed by atoms with E-state index in [1.807, 2.05) is 15.6 Å². The molecule has 2 saturated heterocycles. The Bertz CT molecular complexity index is 1020. The number of amides is 1. The lowest BCUT2D eigenvalue weighted by Crippen LogP contribution is -2.51. The SMILES string of the molecule is COC(=O)N1CCC[C@H](c2nn(COCC[Si](C)(C)C)cc2C)[C@@H]1COC1CCN(c2ncccn2)CC1. The number of carbonyl (C=O) groups is 1. The number of carbonyl (C=O) groups excluding carboxylic acids is 1. The number of hydrogen-bond donors (Lipinski definition) is 0. The molecule has 11 heteroatoms. The highest BCUT2D eigenvalue weighted by Crippen LogP contribution is 2.35. The molecule has 2 atom stereocenters. The number of aromatic nitrogens is 4. The third-order valence-corrected chi connectivity index (χ3v) is 9.23. The van der Waals surface area contributed by atoms with Crippen molar-refractivity contribution in [2.75, 3.05) is 44.9 Å². The van der Waals surface area contributed by atoms with Crippen molar-refractivity contribution in [3.63, 3.8) is 0 Å². The summed E-state index contributed by atoms with van der Waals surface area (Å²) >= 11 is 0. The van der Waals surface area contributed by atoms with Crippen LogP contribution in [0.15, 0.2) is 24.7 Å². The van der Waals surface area contributed by atoms with Crippen molar-refractivity contribution < 1.29 is 19.0 Å². The maximum Gasteiger partial charge on any atom is 0.409 e. The van der Waals surface area contributed by atoms with Crippen molar-refractivity contribution in [2.24, 2.45) is 0 Å². The second-order valence-electron chi connectivity index (χ2n) is 11.6. The van der Waals surface area contributed by atoms with Crippen LogP contribution < -0.4 is 4.90 Å². The smallest absolute Gasteiger partial charge is 0.409 e. The molecule has 2 aromatic heterocycles. The van der Waals surface area contributed by atoms with Crippen molar-refractivity contribution in [3.05, 3.63) is 35.9 Å². The molecule has 0 N–H and O–H groups in total. The standard InChI is InChI=1S/C27H44N6O4Si/c1-21-18-32(20-36-16-17-38(3,4)5)30-25(21)23-8-6-13-33(27(34)35-2)24(23)19-37-22-9-14-31(15-10-22)26-28-11-7-12-29-26/h7,11-12,18,22-24H,6,8-10,13-17,19-20H2,1-5H3/t23-,24-/m0/s1. The number of aryl methyl sites for hydroxylation is 1. The molecule has 0 saturated carbocycles. The molecule has 0 bridgehead atoms. The topological polar surface area (TPSA) is 94.8 Å². The molecule has 38 heavy (non-hydrogen) atoms. The summed E-state index contributed by atoms with van der Waals surface area (Å²) in [5.41, 5.74) is 2.15. The lowest BCUT2D eigenvalue weighted by molar-refractivity contribution is -0.0180. The first-order chi connectivity index (χ1) is 18.2. The van der Waals surface area contributed by atoms with Crippen LogP contribution >= 0.6 is 0 Å². The molecule has 10 nitrogen and oxygen atoms in total. The molecule has 0 radical (unpaired) electrons. The van der Waals surface area contributed by atoms with E-state index in [-0.39, 0.29) is 24.2 Å². The van der Waals surface area contributed by atoms with Gasteiger partial charge in [-0.1, -0.05) is 19.6 Å². The van der Waals surface area contributed by atoms with Crippen molar-refractivity contribution in [3.8, 4) is 0 Å². The Morgan fingerprint density at radius 1 is 1.11 bits per heavy atom. The van der Waals surface area contributed by atoms with Gasteiger partial charge in [0, 0.05) is 58.8 Å². The average Bonchev–Trinajstić information content (AvgIpc) is 3.29. The van der Waals surface area contributed by atoms with Gasteiger partial charge in [0.1, 0.15) is 6.73 Å². The first-order valence-corrected chi connectivity index (χ1v) is 17.6. The molecule has 2 aromatic rings. The summed E-state index contributed by atoms with van der Waals surface area (Å²) in [6, 6.07) is 2.84. The van der Waals surface area contributed by atoms with Gasteiger partial charge in [0.25, 0.3) is 0 Å². The van der Waals surface area contributed by atoms with Gasteiger partial charge >= 0.3 is 6.09 Å². The van der Waals surface area contributed by atoms with E-state index in [2.05, 4.69) is 47.6 Å². The van der Waals surface area contributed by atoms with E-state index in [9.17, 15) is 4.79 Å². The highest BCUT2D eigenvalue weighted by molar-refractivity contribution is 6.76. The summed E-state index contributed by atoms with van der Waals surface area (Å²) in [5.74, 6) is 0.856. The van der Waals surface area contributed by atoms with Crippen molar-refractivity contribution in [2.45, 2.75) is 83.1 Å². The number of piperidine rings is 2. The molecule has 0 unspecified atom stereocenters. The van der Waals surface area contributed by atoms with Crippen LogP contribution in [0, 0.1) is 6.92 Å². The molecular formula is C27H44N6O4Si. The maximum absolute atomic E-state index is 12.7. The summed E-state index contributed by atoms with van der Waals surface area (Å²) in [5, 5.41) is 4.92. The van der Waals surface area contributed by atoms with Gasteiger partial charge in [-0.15, -0.1) is 0 Å². The number of likely N-dealkylation sites (tertiary alicyclic amines) is 1. The Morgan fingerprint density at radius 2 is 1.84 bits per heavy atom. The van der Waals surface area contributed by atoms with Gasteiger partial charge in [0.2, 0.25) is 5.95 Å². The monoisotopic (exact) mass is 544 g/mol. The van der Waals surface area contributed by atoms with Crippen molar-refractivity contribution in [1.82, 2.24) is 24.6 Å². The van der Waals surface area contributed by atoms with E-state index in [0.717, 1.165) is 68.6 Å². The minimum Gasteiger partial charge on any atom is -0.453 e. The minimum absolute atomic E-state index is 0.0869. The molecule has 0 aromatic carbocycles. The molecule has 0 aliphatic carbocycles. The van der Waals surface area contributed by atoms with Crippen LogP contribution in [0.3, 0.4) is 0 Å².